The lowest BCUT2D eigenvalue weighted by atomic mass is 10.1. The van der Waals surface area contributed by atoms with E-state index in [1.165, 1.54) is 0 Å². The van der Waals surface area contributed by atoms with E-state index >= 15 is 0 Å². The monoisotopic (exact) mass is 242 g/mol. The first kappa shape index (κ1) is 12.3. The fourth-order valence-electron chi connectivity index (χ4n) is 1.69. The minimum Gasteiger partial charge on any atom is -0.479 e. The topological polar surface area (TPSA) is 46.5 Å². The van der Waals surface area contributed by atoms with Gasteiger partial charge in [-0.1, -0.05) is 60.7 Å². The van der Waals surface area contributed by atoms with E-state index in [4.69, 9.17) is 4.74 Å². The molecule has 0 fully saturated rings. The molecule has 3 heteroatoms. The lowest BCUT2D eigenvalue weighted by Crippen LogP contribution is -2.15. The zero-order valence-corrected chi connectivity index (χ0v) is 9.82. The Bertz CT molecular complexity index is 494. The van der Waals surface area contributed by atoms with Gasteiger partial charge in [-0.3, -0.25) is 0 Å². The van der Waals surface area contributed by atoms with Gasteiger partial charge < -0.3 is 9.84 Å². The van der Waals surface area contributed by atoms with Gasteiger partial charge in [-0.2, -0.15) is 0 Å². The average Bonchev–Trinajstić information content (AvgIpc) is 2.41. The Morgan fingerprint density at radius 3 is 2.11 bits per heavy atom. The Balaban J connectivity index is 2.06. The summed E-state index contributed by atoms with van der Waals surface area (Å²) in [7, 11) is 0. The van der Waals surface area contributed by atoms with Crippen LogP contribution in [0.5, 0.6) is 0 Å². The van der Waals surface area contributed by atoms with E-state index in [2.05, 4.69) is 0 Å². The lowest BCUT2D eigenvalue weighted by Gasteiger charge is -2.13. The van der Waals surface area contributed by atoms with E-state index in [0.29, 0.717) is 5.56 Å². The molecule has 3 nitrogen and oxygen atoms in total. The predicted octanol–water partition coefficient (Wildman–Crippen LogP) is 3.03. The molecule has 0 aromatic heterocycles. The molecule has 1 N–H and O–H groups in total. The van der Waals surface area contributed by atoms with Gasteiger partial charge in [0.05, 0.1) is 6.61 Å². The number of aliphatic carboxylic acids is 1. The van der Waals surface area contributed by atoms with Crippen molar-refractivity contribution in [1.82, 2.24) is 0 Å². The van der Waals surface area contributed by atoms with Gasteiger partial charge in [-0.25, -0.2) is 4.79 Å². The maximum Gasteiger partial charge on any atom is 0.337 e. The van der Waals surface area contributed by atoms with Crippen molar-refractivity contribution in [3.05, 3.63) is 71.8 Å². The van der Waals surface area contributed by atoms with Crippen molar-refractivity contribution in [3.8, 4) is 0 Å². The third-order valence-corrected chi connectivity index (χ3v) is 2.59. The van der Waals surface area contributed by atoms with E-state index < -0.39 is 12.1 Å². The molecule has 0 saturated carbocycles. The highest BCUT2D eigenvalue weighted by Crippen LogP contribution is 2.19. The molecule has 0 aliphatic rings. The minimum absolute atomic E-state index is 0.284. The zero-order valence-electron chi connectivity index (χ0n) is 9.82. The maximum absolute atomic E-state index is 11.2. The molecule has 0 bridgehead atoms. The maximum atomic E-state index is 11.2. The van der Waals surface area contributed by atoms with Crippen LogP contribution in [0.4, 0.5) is 0 Å². The summed E-state index contributed by atoms with van der Waals surface area (Å²) in [5.41, 5.74) is 1.61. The fourth-order valence-corrected chi connectivity index (χ4v) is 1.69. The van der Waals surface area contributed by atoms with Crippen LogP contribution in [-0.2, 0) is 16.1 Å². The van der Waals surface area contributed by atoms with Gasteiger partial charge in [0.25, 0.3) is 0 Å². The number of benzene rings is 2. The first-order valence-electron chi connectivity index (χ1n) is 5.70. The molecule has 0 aliphatic carbocycles. The van der Waals surface area contributed by atoms with Crippen LogP contribution in [-0.4, -0.2) is 11.1 Å². The molecule has 2 rings (SSSR count). The molecule has 0 heterocycles. The second kappa shape index (κ2) is 5.98. The molecule has 1 atom stereocenters. The zero-order chi connectivity index (χ0) is 12.8. The minimum atomic E-state index is -0.975. The molecular formula is C15H14O3. The van der Waals surface area contributed by atoms with Crippen molar-refractivity contribution in [2.24, 2.45) is 0 Å². The van der Waals surface area contributed by atoms with E-state index in [9.17, 15) is 9.90 Å². The highest BCUT2D eigenvalue weighted by Gasteiger charge is 2.19. The summed E-state index contributed by atoms with van der Waals surface area (Å²) < 4.78 is 5.48. The highest BCUT2D eigenvalue weighted by molar-refractivity contribution is 5.74. The van der Waals surface area contributed by atoms with Crippen LogP contribution in [0.3, 0.4) is 0 Å². The van der Waals surface area contributed by atoms with Crippen molar-refractivity contribution in [2.45, 2.75) is 12.7 Å². The normalized spacial score (nSPS) is 12.0. The van der Waals surface area contributed by atoms with E-state index in [1.807, 2.05) is 36.4 Å². The summed E-state index contributed by atoms with van der Waals surface area (Å²) in [5, 5.41) is 9.18. The van der Waals surface area contributed by atoms with Gasteiger partial charge in [0.2, 0.25) is 0 Å². The summed E-state index contributed by atoms with van der Waals surface area (Å²) in [5.74, 6) is -0.975. The van der Waals surface area contributed by atoms with Gasteiger partial charge in [-0.15, -0.1) is 0 Å². The first-order valence-corrected chi connectivity index (χ1v) is 5.70. The van der Waals surface area contributed by atoms with Crippen molar-refractivity contribution in [2.75, 3.05) is 0 Å². The number of carbonyl (C=O) groups is 1. The number of carboxylic acids is 1. The first-order chi connectivity index (χ1) is 8.77. The van der Waals surface area contributed by atoms with Gasteiger partial charge >= 0.3 is 5.97 Å². The number of rotatable bonds is 5. The van der Waals surface area contributed by atoms with Crippen LogP contribution in [0, 0.1) is 0 Å². The van der Waals surface area contributed by atoms with Crippen molar-refractivity contribution >= 4 is 5.97 Å². The number of hydrogen-bond donors (Lipinski definition) is 1. The largest absolute Gasteiger partial charge is 0.479 e. The second-order valence-electron chi connectivity index (χ2n) is 3.93. The molecule has 92 valence electrons. The summed E-state index contributed by atoms with van der Waals surface area (Å²) in [4.78, 5) is 11.2. The van der Waals surface area contributed by atoms with Crippen LogP contribution < -0.4 is 0 Å². The average molecular weight is 242 g/mol. The third kappa shape index (κ3) is 3.18. The van der Waals surface area contributed by atoms with Crippen LogP contribution in [0.15, 0.2) is 60.7 Å². The van der Waals surface area contributed by atoms with Gasteiger partial charge in [-0.05, 0) is 11.1 Å². The van der Waals surface area contributed by atoms with Crippen LogP contribution in [0.1, 0.15) is 17.2 Å². The lowest BCUT2D eigenvalue weighted by molar-refractivity contribution is -0.151. The molecule has 0 unspecified atom stereocenters. The molecule has 0 amide bonds. The number of hydrogen-bond acceptors (Lipinski definition) is 2. The summed E-state index contributed by atoms with van der Waals surface area (Å²) >= 11 is 0. The molecule has 0 radical (unpaired) electrons. The van der Waals surface area contributed by atoms with Crippen molar-refractivity contribution in [3.63, 3.8) is 0 Å². The highest BCUT2D eigenvalue weighted by atomic mass is 16.5. The standard InChI is InChI=1S/C15H14O3/c16-15(17)14(13-9-5-2-6-10-13)18-11-12-7-3-1-4-8-12/h1-10,14H,11H2,(H,16,17)/t14-/m0/s1. The molecule has 0 saturated heterocycles. The Morgan fingerprint density at radius 1 is 1.00 bits per heavy atom. The van der Waals surface area contributed by atoms with E-state index in [1.54, 1.807) is 24.3 Å². The van der Waals surface area contributed by atoms with E-state index in [0.717, 1.165) is 5.56 Å². The third-order valence-electron chi connectivity index (χ3n) is 2.59. The predicted molar refractivity (Wildman–Crippen MR) is 68.0 cm³/mol. The molecule has 0 spiro atoms. The second-order valence-corrected chi connectivity index (χ2v) is 3.93. The smallest absolute Gasteiger partial charge is 0.337 e. The van der Waals surface area contributed by atoms with Crippen LogP contribution >= 0.6 is 0 Å². The summed E-state index contributed by atoms with van der Waals surface area (Å²) in [6.07, 6.45) is -0.925. The van der Waals surface area contributed by atoms with Crippen LogP contribution in [0.2, 0.25) is 0 Å². The fraction of sp³-hybridized carbons (Fsp3) is 0.133. The SMILES string of the molecule is O=C(O)[C@@H](OCc1ccccc1)c1ccccc1. The Hall–Kier alpha value is -2.13. The molecule has 18 heavy (non-hydrogen) atoms. The van der Waals surface area contributed by atoms with Crippen molar-refractivity contribution < 1.29 is 14.6 Å². The molecule has 2 aromatic rings. The molecule has 0 aliphatic heterocycles. The number of ether oxygens (including phenoxy) is 1. The number of carboxylic acid groups (broad SMARTS) is 1. The van der Waals surface area contributed by atoms with Gasteiger partial charge in [0, 0.05) is 0 Å². The Kier molecular flexibility index (Phi) is 4.10. The Labute approximate surface area is 106 Å². The molecular weight excluding hydrogens is 228 g/mol. The van der Waals surface area contributed by atoms with Crippen LogP contribution in [0.25, 0.3) is 0 Å². The van der Waals surface area contributed by atoms with Gasteiger partial charge in [0.15, 0.2) is 6.10 Å². The summed E-state index contributed by atoms with van der Waals surface area (Å²) in [6, 6.07) is 18.5. The Morgan fingerprint density at radius 2 is 1.56 bits per heavy atom. The van der Waals surface area contributed by atoms with Crippen molar-refractivity contribution in [1.29, 1.82) is 0 Å². The molecule has 2 aromatic carbocycles. The van der Waals surface area contributed by atoms with Gasteiger partial charge in [0.1, 0.15) is 0 Å². The quantitative estimate of drug-likeness (QED) is 0.876. The summed E-state index contributed by atoms with van der Waals surface area (Å²) in [6.45, 7) is 0.284. The van der Waals surface area contributed by atoms with E-state index in [-0.39, 0.29) is 6.61 Å².